The van der Waals surface area contributed by atoms with Gasteiger partial charge in [0.15, 0.2) is 0 Å². The molecule has 0 heterocycles. The van der Waals surface area contributed by atoms with Gasteiger partial charge >= 0.3 is 12.0 Å². The van der Waals surface area contributed by atoms with Crippen molar-refractivity contribution in [2.24, 2.45) is 0 Å². The molecular weight excluding hydrogens is 328 g/mol. The number of thioether (sulfide) groups is 1. The Morgan fingerprint density at radius 1 is 1.29 bits per heavy atom. The molecule has 0 aliphatic rings. The molecule has 2 N–H and O–H groups in total. The third-order valence-corrected chi connectivity index (χ3v) is 4.21. The minimum Gasteiger partial charge on any atom is -0.467 e. The van der Waals surface area contributed by atoms with Gasteiger partial charge < -0.3 is 20.1 Å². The molecule has 1 rings (SSSR count). The fourth-order valence-corrected chi connectivity index (χ4v) is 2.68. The van der Waals surface area contributed by atoms with Crippen molar-refractivity contribution in [1.82, 2.24) is 10.2 Å². The third kappa shape index (κ3) is 7.23. The van der Waals surface area contributed by atoms with Crippen LogP contribution in [-0.2, 0) is 16.0 Å². The van der Waals surface area contributed by atoms with E-state index in [0.29, 0.717) is 19.4 Å². The number of urea groups is 1. The lowest BCUT2D eigenvalue weighted by Gasteiger charge is -2.25. The molecule has 6 nitrogen and oxygen atoms in total. The first-order valence-electron chi connectivity index (χ1n) is 7.89. The van der Waals surface area contributed by atoms with Gasteiger partial charge in [-0.15, -0.1) is 0 Å². The standard InChI is InChI=1S/C17H26N2O4S/c1-23-16(21)15(9-13-24-2)18-17(22)19(11-12-20)10-8-14-6-4-3-5-7-14/h3-7,15,20H,8-13H2,1-2H3,(H,18,22). The van der Waals surface area contributed by atoms with E-state index in [2.05, 4.69) is 5.32 Å². The Balaban J connectivity index is 2.64. The summed E-state index contributed by atoms with van der Waals surface area (Å²) in [5.41, 5.74) is 1.11. The molecule has 0 aliphatic heterocycles. The summed E-state index contributed by atoms with van der Waals surface area (Å²) in [5.74, 6) is 0.286. The lowest BCUT2D eigenvalue weighted by Crippen LogP contribution is -2.49. The van der Waals surface area contributed by atoms with Crippen molar-refractivity contribution in [3.05, 3.63) is 35.9 Å². The van der Waals surface area contributed by atoms with Crippen LogP contribution in [0.25, 0.3) is 0 Å². The van der Waals surface area contributed by atoms with Crippen LogP contribution in [0.15, 0.2) is 30.3 Å². The van der Waals surface area contributed by atoms with E-state index in [1.54, 1.807) is 11.8 Å². The van der Waals surface area contributed by atoms with Crippen molar-refractivity contribution in [3.8, 4) is 0 Å². The molecule has 1 unspecified atom stereocenters. The van der Waals surface area contributed by atoms with Crippen LogP contribution in [0.3, 0.4) is 0 Å². The predicted molar refractivity (Wildman–Crippen MR) is 96.1 cm³/mol. The lowest BCUT2D eigenvalue weighted by atomic mass is 10.1. The molecule has 7 heteroatoms. The maximum absolute atomic E-state index is 12.4. The normalized spacial score (nSPS) is 11.6. The number of rotatable bonds is 10. The van der Waals surface area contributed by atoms with Gasteiger partial charge in [-0.05, 0) is 30.4 Å². The van der Waals surface area contributed by atoms with Gasteiger partial charge in [-0.2, -0.15) is 11.8 Å². The minimum atomic E-state index is -0.673. The van der Waals surface area contributed by atoms with Crippen molar-refractivity contribution in [2.75, 3.05) is 38.8 Å². The minimum absolute atomic E-state index is 0.129. The fraction of sp³-hybridized carbons (Fsp3) is 0.529. The quantitative estimate of drug-likeness (QED) is 0.623. The van der Waals surface area contributed by atoms with Crippen LogP contribution in [0.4, 0.5) is 4.79 Å². The maximum atomic E-state index is 12.4. The molecule has 0 saturated heterocycles. The topological polar surface area (TPSA) is 78.9 Å². The zero-order chi connectivity index (χ0) is 17.8. The fourth-order valence-electron chi connectivity index (χ4n) is 2.21. The van der Waals surface area contributed by atoms with E-state index >= 15 is 0 Å². The smallest absolute Gasteiger partial charge is 0.328 e. The highest BCUT2D eigenvalue weighted by Crippen LogP contribution is 2.05. The Morgan fingerprint density at radius 2 is 2.00 bits per heavy atom. The zero-order valence-corrected chi connectivity index (χ0v) is 15.1. The predicted octanol–water partition coefficient (Wildman–Crippen LogP) is 1.53. The number of methoxy groups -OCH3 is 1. The van der Waals surface area contributed by atoms with Crippen molar-refractivity contribution >= 4 is 23.8 Å². The van der Waals surface area contributed by atoms with Crippen molar-refractivity contribution in [3.63, 3.8) is 0 Å². The van der Waals surface area contributed by atoms with E-state index in [9.17, 15) is 14.7 Å². The number of nitrogens with zero attached hydrogens (tertiary/aromatic N) is 1. The SMILES string of the molecule is COC(=O)C(CCSC)NC(=O)N(CCO)CCc1ccccc1. The van der Waals surface area contributed by atoms with Gasteiger partial charge in [-0.25, -0.2) is 9.59 Å². The average Bonchev–Trinajstić information content (AvgIpc) is 2.62. The summed E-state index contributed by atoms with van der Waals surface area (Å²) in [6.45, 7) is 0.553. The maximum Gasteiger partial charge on any atom is 0.328 e. The van der Waals surface area contributed by atoms with Crippen molar-refractivity contribution in [1.29, 1.82) is 0 Å². The molecule has 0 aromatic heterocycles. The number of nitrogens with one attached hydrogen (secondary N) is 1. The molecule has 1 atom stereocenters. The van der Waals surface area contributed by atoms with Crippen LogP contribution >= 0.6 is 11.8 Å². The van der Waals surface area contributed by atoms with Crippen LogP contribution in [0, 0.1) is 0 Å². The number of aliphatic hydroxyl groups excluding tert-OH is 1. The second-order valence-corrected chi connectivity index (χ2v) is 6.24. The molecule has 1 aromatic carbocycles. The van der Waals surface area contributed by atoms with Gasteiger partial charge in [0.2, 0.25) is 0 Å². The molecule has 24 heavy (non-hydrogen) atoms. The van der Waals surface area contributed by atoms with Gasteiger partial charge in [-0.1, -0.05) is 30.3 Å². The average molecular weight is 354 g/mol. The highest BCUT2D eigenvalue weighted by atomic mass is 32.2. The summed E-state index contributed by atoms with van der Waals surface area (Å²) in [7, 11) is 1.31. The first-order valence-corrected chi connectivity index (χ1v) is 9.28. The van der Waals surface area contributed by atoms with Crippen LogP contribution < -0.4 is 5.32 Å². The second kappa shape index (κ2) is 11.8. The summed E-state index contributed by atoms with van der Waals surface area (Å²) < 4.78 is 4.75. The van der Waals surface area contributed by atoms with Gasteiger partial charge in [-0.3, -0.25) is 0 Å². The molecule has 0 saturated carbocycles. The van der Waals surface area contributed by atoms with Crippen LogP contribution in [-0.4, -0.2) is 66.9 Å². The number of hydrogen-bond donors (Lipinski definition) is 2. The van der Waals surface area contributed by atoms with Gasteiger partial charge in [0.1, 0.15) is 6.04 Å². The summed E-state index contributed by atoms with van der Waals surface area (Å²) in [6.07, 6.45) is 3.13. The van der Waals surface area contributed by atoms with E-state index in [1.165, 1.54) is 12.0 Å². The number of amides is 2. The molecule has 2 amide bonds. The molecule has 0 aliphatic carbocycles. The Labute approximate surface area is 147 Å². The number of carbonyl (C=O) groups excluding carboxylic acids is 2. The summed E-state index contributed by atoms with van der Waals surface area (Å²) in [6, 6.07) is 8.77. The third-order valence-electron chi connectivity index (χ3n) is 3.56. The molecule has 134 valence electrons. The van der Waals surface area contributed by atoms with E-state index in [0.717, 1.165) is 11.3 Å². The van der Waals surface area contributed by atoms with E-state index in [1.807, 2.05) is 36.6 Å². The number of hydrogen-bond acceptors (Lipinski definition) is 5. The zero-order valence-electron chi connectivity index (χ0n) is 14.2. The monoisotopic (exact) mass is 354 g/mol. The lowest BCUT2D eigenvalue weighted by molar-refractivity contribution is -0.142. The highest BCUT2D eigenvalue weighted by molar-refractivity contribution is 7.98. The first kappa shape index (κ1) is 20.3. The van der Waals surface area contributed by atoms with Crippen LogP contribution in [0.1, 0.15) is 12.0 Å². The molecule has 0 spiro atoms. The highest BCUT2D eigenvalue weighted by Gasteiger charge is 2.23. The van der Waals surface area contributed by atoms with Crippen LogP contribution in [0.2, 0.25) is 0 Å². The summed E-state index contributed by atoms with van der Waals surface area (Å²) in [5, 5.41) is 11.9. The summed E-state index contributed by atoms with van der Waals surface area (Å²) >= 11 is 1.60. The molecule has 0 bridgehead atoms. The second-order valence-electron chi connectivity index (χ2n) is 5.25. The summed E-state index contributed by atoms with van der Waals surface area (Å²) in [4.78, 5) is 25.8. The Kier molecular flexibility index (Phi) is 9.95. The first-order chi connectivity index (χ1) is 11.6. The van der Waals surface area contributed by atoms with Gasteiger partial charge in [0.25, 0.3) is 0 Å². The number of benzene rings is 1. The van der Waals surface area contributed by atoms with Crippen molar-refractivity contribution in [2.45, 2.75) is 18.9 Å². The Hall–Kier alpha value is -1.73. The number of aliphatic hydroxyl groups is 1. The van der Waals surface area contributed by atoms with Gasteiger partial charge in [0, 0.05) is 13.1 Å². The molecule has 1 aromatic rings. The van der Waals surface area contributed by atoms with E-state index < -0.39 is 12.0 Å². The number of esters is 1. The number of carbonyl (C=O) groups is 2. The van der Waals surface area contributed by atoms with Crippen molar-refractivity contribution < 1.29 is 19.4 Å². The Bertz CT molecular complexity index is 499. The largest absolute Gasteiger partial charge is 0.467 e. The van der Waals surface area contributed by atoms with Gasteiger partial charge in [0.05, 0.1) is 13.7 Å². The Morgan fingerprint density at radius 3 is 2.58 bits per heavy atom. The molecule has 0 radical (unpaired) electrons. The van der Waals surface area contributed by atoms with E-state index in [4.69, 9.17) is 4.74 Å². The molecular formula is C17H26N2O4S. The van der Waals surface area contributed by atoms with Crippen LogP contribution in [0.5, 0.6) is 0 Å². The molecule has 0 fully saturated rings. The number of ether oxygens (including phenoxy) is 1. The van der Waals surface area contributed by atoms with E-state index in [-0.39, 0.29) is 19.2 Å².